The number of nitrogens with zero attached hydrogens (tertiary/aromatic N) is 2. The second-order valence-electron chi connectivity index (χ2n) is 9.52. The van der Waals surface area contributed by atoms with Crippen molar-refractivity contribution in [3.63, 3.8) is 0 Å². The van der Waals surface area contributed by atoms with Crippen molar-refractivity contribution >= 4 is 24.7 Å². The molecule has 2 aromatic carbocycles. The van der Waals surface area contributed by atoms with Gasteiger partial charge in [-0.15, -0.1) is 0 Å². The van der Waals surface area contributed by atoms with Gasteiger partial charge in [0, 0.05) is 45.0 Å². The van der Waals surface area contributed by atoms with Crippen molar-refractivity contribution in [2.45, 2.75) is 51.2 Å². The van der Waals surface area contributed by atoms with E-state index < -0.39 is 8.07 Å². The molecule has 0 radical (unpaired) electrons. The number of piperidine rings is 1. The number of fused-ring (bicyclic) bond motifs is 1. The summed E-state index contributed by atoms with van der Waals surface area (Å²) in [5.41, 5.74) is 4.14. The topological polar surface area (TPSA) is 17.4 Å². The molecule has 0 atom stereocenters. The summed E-state index contributed by atoms with van der Waals surface area (Å²) < 4.78 is 8.24. The van der Waals surface area contributed by atoms with Gasteiger partial charge < -0.3 is 14.2 Å². The third kappa shape index (κ3) is 4.93. The van der Waals surface area contributed by atoms with E-state index in [4.69, 9.17) is 4.74 Å². The van der Waals surface area contributed by atoms with E-state index in [-0.39, 0.29) is 0 Å². The normalized spacial score (nSPS) is 15.9. The van der Waals surface area contributed by atoms with Crippen LogP contribution in [0.15, 0.2) is 60.8 Å². The first kappa shape index (κ1) is 20.2. The molecular formula is C25H34N2OSi. The highest BCUT2D eigenvalue weighted by molar-refractivity contribution is 6.76. The van der Waals surface area contributed by atoms with Crippen LogP contribution >= 0.6 is 0 Å². The standard InChI is InChI=1S/C25H34N2OSi/c1-29(2,3)19-18-28-20-27-17-14-23-24(10-7-11-25(23)27)26-15-12-22(13-16-26)21-8-5-4-6-9-21/h4-11,14,17,22H,12-13,15-16,18-20H2,1-3H3. The molecule has 0 unspecified atom stereocenters. The molecule has 1 aliphatic heterocycles. The van der Waals surface area contributed by atoms with Gasteiger partial charge in [-0.1, -0.05) is 56.0 Å². The Morgan fingerprint density at radius 1 is 0.931 bits per heavy atom. The van der Waals surface area contributed by atoms with Crippen LogP contribution in [0.3, 0.4) is 0 Å². The van der Waals surface area contributed by atoms with Crippen LogP contribution in [0.1, 0.15) is 24.3 Å². The zero-order valence-electron chi connectivity index (χ0n) is 18.1. The molecule has 0 amide bonds. The van der Waals surface area contributed by atoms with Gasteiger partial charge in [-0.25, -0.2) is 0 Å². The maximum Gasteiger partial charge on any atom is 0.122 e. The Kier molecular flexibility index (Phi) is 6.11. The zero-order chi connectivity index (χ0) is 20.3. The first-order valence-corrected chi connectivity index (χ1v) is 14.7. The van der Waals surface area contributed by atoms with Crippen LogP contribution in [0.25, 0.3) is 10.9 Å². The molecule has 4 heteroatoms. The van der Waals surface area contributed by atoms with Crippen LogP contribution in [-0.4, -0.2) is 32.3 Å². The van der Waals surface area contributed by atoms with Gasteiger partial charge in [0.25, 0.3) is 0 Å². The Balaban J connectivity index is 1.42. The summed E-state index contributed by atoms with van der Waals surface area (Å²) in [6, 6.07) is 21.2. The fraction of sp³-hybridized carbons (Fsp3) is 0.440. The molecule has 2 heterocycles. The van der Waals surface area contributed by atoms with Crippen LogP contribution in [0, 0.1) is 0 Å². The highest BCUT2D eigenvalue weighted by Crippen LogP contribution is 2.34. The molecule has 0 saturated carbocycles. The molecule has 0 N–H and O–H groups in total. The third-order valence-electron chi connectivity index (χ3n) is 6.12. The van der Waals surface area contributed by atoms with E-state index in [0.717, 1.165) is 19.7 Å². The second kappa shape index (κ2) is 8.76. The SMILES string of the molecule is C[Si](C)(C)CCOCn1ccc2c(N3CCC(c4ccccc4)CC3)cccc21. The van der Waals surface area contributed by atoms with Gasteiger partial charge in [-0.05, 0) is 48.6 Å². The molecule has 1 fully saturated rings. The predicted molar refractivity (Wildman–Crippen MR) is 127 cm³/mol. The number of rotatable bonds is 7. The molecule has 0 aliphatic carbocycles. The molecule has 1 saturated heterocycles. The Labute approximate surface area is 176 Å². The molecule has 1 aromatic heterocycles. The van der Waals surface area contributed by atoms with E-state index in [1.165, 1.54) is 41.0 Å². The highest BCUT2D eigenvalue weighted by Gasteiger charge is 2.22. The Hall–Kier alpha value is -2.04. The van der Waals surface area contributed by atoms with Crippen LogP contribution in [-0.2, 0) is 11.5 Å². The number of hydrogen-bond donors (Lipinski definition) is 0. The van der Waals surface area contributed by atoms with Gasteiger partial charge in [0.05, 0.1) is 5.52 Å². The minimum Gasteiger partial charge on any atom is -0.371 e. The fourth-order valence-corrected chi connectivity index (χ4v) is 5.07. The van der Waals surface area contributed by atoms with Crippen molar-refractivity contribution in [3.05, 3.63) is 66.4 Å². The van der Waals surface area contributed by atoms with Gasteiger partial charge in [-0.2, -0.15) is 0 Å². The number of hydrogen-bond acceptors (Lipinski definition) is 2. The number of anilines is 1. The summed E-state index contributed by atoms with van der Waals surface area (Å²) in [5, 5.41) is 1.35. The second-order valence-corrected chi connectivity index (χ2v) is 15.1. The lowest BCUT2D eigenvalue weighted by Gasteiger charge is -2.34. The van der Waals surface area contributed by atoms with Crippen LogP contribution < -0.4 is 4.90 Å². The van der Waals surface area contributed by atoms with Crippen LogP contribution in [0.4, 0.5) is 5.69 Å². The van der Waals surface area contributed by atoms with Gasteiger partial charge in [0.1, 0.15) is 6.73 Å². The third-order valence-corrected chi connectivity index (χ3v) is 7.83. The maximum absolute atomic E-state index is 5.99. The first-order chi connectivity index (χ1) is 14.0. The van der Waals surface area contributed by atoms with Crippen LogP contribution in [0.5, 0.6) is 0 Å². The minimum atomic E-state index is -1.04. The zero-order valence-corrected chi connectivity index (χ0v) is 19.1. The van der Waals surface area contributed by atoms with Gasteiger partial charge in [-0.3, -0.25) is 0 Å². The smallest absolute Gasteiger partial charge is 0.122 e. The van der Waals surface area contributed by atoms with E-state index >= 15 is 0 Å². The average molecular weight is 407 g/mol. The Bertz CT molecular complexity index is 921. The van der Waals surface area contributed by atoms with E-state index in [9.17, 15) is 0 Å². The average Bonchev–Trinajstić information content (AvgIpc) is 3.15. The van der Waals surface area contributed by atoms with Crippen molar-refractivity contribution in [3.8, 4) is 0 Å². The summed E-state index contributed by atoms with van der Waals surface area (Å²) in [5.74, 6) is 0.691. The van der Waals surface area contributed by atoms with Gasteiger partial charge >= 0.3 is 0 Å². The molecule has 3 nitrogen and oxygen atoms in total. The van der Waals surface area contributed by atoms with Crippen LogP contribution in [0.2, 0.25) is 25.7 Å². The summed E-state index contributed by atoms with van der Waals surface area (Å²) in [4.78, 5) is 2.57. The van der Waals surface area contributed by atoms with Crippen molar-refractivity contribution < 1.29 is 4.74 Å². The first-order valence-electron chi connectivity index (χ1n) is 11.0. The molecule has 1 aliphatic rings. The van der Waals surface area contributed by atoms with E-state index in [1.807, 2.05) is 0 Å². The molecule has 4 rings (SSSR count). The molecular weight excluding hydrogens is 372 g/mol. The Morgan fingerprint density at radius 2 is 1.69 bits per heavy atom. The van der Waals surface area contributed by atoms with Gasteiger partial charge in [0.2, 0.25) is 0 Å². The Morgan fingerprint density at radius 3 is 2.41 bits per heavy atom. The van der Waals surface area contributed by atoms with Gasteiger partial charge in [0.15, 0.2) is 0 Å². The lowest BCUT2D eigenvalue weighted by Crippen LogP contribution is -2.32. The van der Waals surface area contributed by atoms with Crippen molar-refractivity contribution in [1.29, 1.82) is 0 Å². The van der Waals surface area contributed by atoms with Crippen molar-refractivity contribution in [1.82, 2.24) is 4.57 Å². The lowest BCUT2D eigenvalue weighted by molar-refractivity contribution is 0.0902. The monoisotopic (exact) mass is 406 g/mol. The summed E-state index contributed by atoms with van der Waals surface area (Å²) >= 11 is 0. The number of aromatic nitrogens is 1. The molecule has 0 bridgehead atoms. The fourth-order valence-electron chi connectivity index (χ4n) is 4.32. The predicted octanol–water partition coefficient (Wildman–Crippen LogP) is 6.34. The summed E-state index contributed by atoms with van der Waals surface area (Å²) in [6.45, 7) is 10.9. The van der Waals surface area contributed by atoms with Crippen molar-refractivity contribution in [2.75, 3.05) is 24.6 Å². The lowest BCUT2D eigenvalue weighted by atomic mass is 9.89. The highest BCUT2D eigenvalue weighted by atomic mass is 28.3. The summed E-state index contributed by atoms with van der Waals surface area (Å²) in [6.07, 6.45) is 4.63. The van der Waals surface area contributed by atoms with E-state index in [1.54, 1.807) is 0 Å². The number of ether oxygens (including phenoxy) is 1. The molecule has 29 heavy (non-hydrogen) atoms. The summed E-state index contributed by atoms with van der Waals surface area (Å²) in [7, 11) is -1.04. The molecule has 154 valence electrons. The van der Waals surface area contributed by atoms with E-state index in [0.29, 0.717) is 12.6 Å². The largest absolute Gasteiger partial charge is 0.371 e. The quantitative estimate of drug-likeness (QED) is 0.336. The van der Waals surface area contributed by atoms with E-state index in [2.05, 4.69) is 89.9 Å². The maximum atomic E-state index is 5.99. The number of benzene rings is 2. The molecule has 0 spiro atoms. The van der Waals surface area contributed by atoms with Crippen molar-refractivity contribution in [2.24, 2.45) is 0 Å². The molecule has 3 aromatic rings. The minimum absolute atomic E-state index is 0.646.